The van der Waals surface area contributed by atoms with Gasteiger partial charge in [0.25, 0.3) is 0 Å². The first-order valence-corrected chi connectivity index (χ1v) is 14.4. The number of nitrogens with zero attached hydrogens (tertiary/aromatic N) is 2. The number of carbonyl (C=O) groups is 1. The fourth-order valence-corrected chi connectivity index (χ4v) is 4.98. The minimum Gasteiger partial charge on any atom is -0.399 e. The molecule has 214 valence electrons. The molecule has 1 atom stereocenters. The van der Waals surface area contributed by atoms with Crippen molar-refractivity contribution < 1.29 is 4.79 Å². The van der Waals surface area contributed by atoms with E-state index in [2.05, 4.69) is 115 Å². The van der Waals surface area contributed by atoms with Gasteiger partial charge in [0.05, 0.1) is 6.04 Å². The highest BCUT2D eigenvalue weighted by Crippen LogP contribution is 2.26. The van der Waals surface area contributed by atoms with E-state index in [-0.39, 0.29) is 12.0 Å². The van der Waals surface area contributed by atoms with Crippen molar-refractivity contribution in [2.24, 2.45) is 5.73 Å². The molecule has 41 heavy (non-hydrogen) atoms. The summed E-state index contributed by atoms with van der Waals surface area (Å²) in [5, 5.41) is 0. The van der Waals surface area contributed by atoms with Crippen LogP contribution < -0.4 is 5.73 Å². The fraction of sp³-hybridized carbons (Fsp3) is 0.270. The molecule has 2 N–H and O–H groups in total. The van der Waals surface area contributed by atoms with Crippen LogP contribution in [0.4, 0.5) is 0 Å². The summed E-state index contributed by atoms with van der Waals surface area (Å²) in [6.45, 7) is 10.4. The number of rotatable bonds is 14. The molecular weight excluding hydrogens is 502 g/mol. The smallest absolute Gasteiger partial charge is 0.142 e. The van der Waals surface area contributed by atoms with Gasteiger partial charge in [-0.3, -0.25) is 0 Å². The highest BCUT2D eigenvalue weighted by molar-refractivity contribution is 5.60. The number of likely N-dealkylation sites (N-methyl/N-ethyl adjacent to an activating group) is 1. The van der Waals surface area contributed by atoms with Crippen LogP contribution in [0.3, 0.4) is 0 Å². The fourth-order valence-electron chi connectivity index (χ4n) is 4.98. The van der Waals surface area contributed by atoms with E-state index >= 15 is 0 Å². The number of aldehydes is 1. The van der Waals surface area contributed by atoms with Crippen LogP contribution in [0.2, 0.25) is 0 Å². The van der Waals surface area contributed by atoms with E-state index in [1.165, 1.54) is 11.1 Å². The second-order valence-electron chi connectivity index (χ2n) is 10.6. The van der Waals surface area contributed by atoms with Crippen molar-refractivity contribution in [1.82, 2.24) is 9.80 Å². The molecule has 0 unspecified atom stereocenters. The lowest BCUT2D eigenvalue weighted by molar-refractivity contribution is -0.111. The highest BCUT2D eigenvalue weighted by atomic mass is 16.1. The topological polar surface area (TPSA) is 49.6 Å². The second-order valence-corrected chi connectivity index (χ2v) is 10.6. The standard InChI is InChI=1S/C37H45N3O/c1-6-36(38)29(2)26-30(3)37(23-22-32-16-10-7-11-17-32)40(31(4)28-41)25-24-39(5)27-35(33-18-12-8-13-19-33)34-20-14-9-15-21-34/h6-23,26,28,31,35H,24-25,27,38H2,1-5H3/b23-22+,29-26-,36-6+,37-30+/t31-/m0/s1. The van der Waals surface area contributed by atoms with E-state index in [1.54, 1.807) is 0 Å². The van der Waals surface area contributed by atoms with Crippen LogP contribution in [0.1, 0.15) is 50.3 Å². The van der Waals surface area contributed by atoms with E-state index in [9.17, 15) is 4.79 Å². The Morgan fingerprint density at radius 1 is 0.854 bits per heavy atom. The second kappa shape index (κ2) is 16.2. The molecule has 0 heterocycles. The Kier molecular flexibility index (Phi) is 12.4. The highest BCUT2D eigenvalue weighted by Gasteiger charge is 2.20. The molecule has 0 fully saturated rings. The summed E-state index contributed by atoms with van der Waals surface area (Å²) in [5.41, 5.74) is 13.7. The third-order valence-electron chi connectivity index (χ3n) is 7.46. The van der Waals surface area contributed by atoms with E-state index in [1.807, 2.05) is 45.0 Å². The summed E-state index contributed by atoms with van der Waals surface area (Å²) in [6.07, 6.45) is 9.27. The van der Waals surface area contributed by atoms with Crippen LogP contribution >= 0.6 is 0 Å². The van der Waals surface area contributed by atoms with Gasteiger partial charge in [0, 0.05) is 36.9 Å². The molecule has 3 aromatic rings. The Balaban J connectivity index is 1.91. The van der Waals surface area contributed by atoms with Crippen LogP contribution in [-0.4, -0.2) is 48.8 Å². The van der Waals surface area contributed by atoms with Crippen LogP contribution in [-0.2, 0) is 4.79 Å². The molecule has 0 spiro atoms. The summed E-state index contributed by atoms with van der Waals surface area (Å²) in [4.78, 5) is 16.7. The SMILES string of the molecule is C\C=C(N)/C(C)=C\C(C)=C(/C=C/c1ccccc1)N(CCN(C)CC(c1ccccc1)c1ccccc1)[C@@H](C)C=O. The summed E-state index contributed by atoms with van der Waals surface area (Å²) >= 11 is 0. The normalized spacial score (nSPS) is 13.9. The van der Waals surface area contributed by atoms with Crippen molar-refractivity contribution in [3.8, 4) is 0 Å². The molecule has 0 bridgehead atoms. The first-order valence-electron chi connectivity index (χ1n) is 14.4. The molecule has 0 aliphatic carbocycles. The Morgan fingerprint density at radius 2 is 1.39 bits per heavy atom. The van der Waals surface area contributed by atoms with E-state index in [0.29, 0.717) is 6.54 Å². The summed E-state index contributed by atoms with van der Waals surface area (Å²) < 4.78 is 0. The molecule has 0 saturated heterocycles. The third-order valence-corrected chi connectivity index (χ3v) is 7.46. The molecule has 0 radical (unpaired) electrons. The summed E-state index contributed by atoms with van der Waals surface area (Å²) in [6, 6.07) is 31.3. The predicted octanol–water partition coefficient (Wildman–Crippen LogP) is 7.44. The van der Waals surface area contributed by atoms with Crippen molar-refractivity contribution in [3.05, 3.63) is 148 Å². The van der Waals surface area contributed by atoms with Gasteiger partial charge >= 0.3 is 0 Å². The van der Waals surface area contributed by atoms with Crippen molar-refractivity contribution in [3.63, 3.8) is 0 Å². The lowest BCUT2D eigenvalue weighted by Crippen LogP contribution is -2.40. The Labute approximate surface area is 247 Å². The van der Waals surface area contributed by atoms with Crippen LogP contribution in [0, 0.1) is 0 Å². The lowest BCUT2D eigenvalue weighted by atomic mass is 9.91. The molecular formula is C37H45N3O. The number of carbonyl (C=O) groups excluding carboxylic acids is 1. The molecule has 4 heteroatoms. The van der Waals surface area contributed by atoms with Gasteiger partial charge in [0.2, 0.25) is 0 Å². The summed E-state index contributed by atoms with van der Waals surface area (Å²) in [7, 11) is 2.16. The maximum Gasteiger partial charge on any atom is 0.142 e. The zero-order valence-electron chi connectivity index (χ0n) is 25.2. The van der Waals surface area contributed by atoms with E-state index in [0.717, 1.165) is 47.5 Å². The lowest BCUT2D eigenvalue weighted by Gasteiger charge is -2.33. The van der Waals surface area contributed by atoms with Gasteiger partial charge in [-0.1, -0.05) is 109 Å². The third kappa shape index (κ3) is 9.47. The Hall–Kier alpha value is -4.15. The van der Waals surface area contributed by atoms with E-state index in [4.69, 9.17) is 5.73 Å². The molecule has 0 amide bonds. The monoisotopic (exact) mass is 547 g/mol. The number of nitrogens with two attached hydrogens (primary N) is 1. The van der Waals surface area contributed by atoms with Gasteiger partial charge in [0.15, 0.2) is 0 Å². The molecule has 0 saturated carbocycles. The van der Waals surface area contributed by atoms with Gasteiger partial charge in [-0.15, -0.1) is 0 Å². The maximum absolute atomic E-state index is 12.2. The molecule has 4 nitrogen and oxygen atoms in total. The van der Waals surface area contributed by atoms with Crippen molar-refractivity contribution >= 4 is 12.4 Å². The average Bonchev–Trinajstić information content (AvgIpc) is 3.01. The zero-order chi connectivity index (χ0) is 29.6. The molecule has 3 rings (SSSR count). The maximum atomic E-state index is 12.2. The van der Waals surface area contributed by atoms with Gasteiger partial charge in [-0.2, -0.15) is 0 Å². The zero-order valence-corrected chi connectivity index (χ0v) is 25.2. The van der Waals surface area contributed by atoms with Gasteiger partial charge in [-0.05, 0) is 68.7 Å². The van der Waals surface area contributed by atoms with Gasteiger partial charge < -0.3 is 20.3 Å². The number of hydrogen-bond donors (Lipinski definition) is 1. The number of hydrogen-bond acceptors (Lipinski definition) is 4. The van der Waals surface area contributed by atoms with Crippen molar-refractivity contribution in [1.29, 1.82) is 0 Å². The molecule has 0 aliphatic heterocycles. The number of allylic oxidation sites excluding steroid dienone is 5. The van der Waals surface area contributed by atoms with Crippen LogP contribution in [0.15, 0.2) is 132 Å². The van der Waals surface area contributed by atoms with Crippen LogP contribution in [0.25, 0.3) is 6.08 Å². The quantitative estimate of drug-likeness (QED) is 0.168. The Morgan fingerprint density at radius 3 is 1.90 bits per heavy atom. The number of benzene rings is 3. The van der Waals surface area contributed by atoms with Crippen molar-refractivity contribution in [2.45, 2.75) is 39.7 Å². The minimum atomic E-state index is -0.291. The Bertz CT molecular complexity index is 1300. The molecule has 3 aromatic carbocycles. The first-order chi connectivity index (χ1) is 19.8. The molecule has 0 aliphatic rings. The average molecular weight is 548 g/mol. The summed E-state index contributed by atoms with van der Waals surface area (Å²) in [5.74, 6) is 0.253. The van der Waals surface area contributed by atoms with E-state index < -0.39 is 0 Å². The van der Waals surface area contributed by atoms with Gasteiger partial charge in [-0.25, -0.2) is 0 Å². The molecule has 0 aromatic heterocycles. The first kappa shape index (κ1) is 31.4. The largest absolute Gasteiger partial charge is 0.399 e. The van der Waals surface area contributed by atoms with Crippen molar-refractivity contribution in [2.75, 3.05) is 26.7 Å². The predicted molar refractivity (Wildman–Crippen MR) is 174 cm³/mol. The van der Waals surface area contributed by atoms with Crippen LogP contribution in [0.5, 0.6) is 0 Å². The van der Waals surface area contributed by atoms with Gasteiger partial charge in [0.1, 0.15) is 6.29 Å². The minimum absolute atomic E-state index is 0.253.